The molecule has 11 nitrogen and oxygen atoms in total. The van der Waals surface area contributed by atoms with Gasteiger partial charge in [-0.15, -0.1) is 5.10 Å². The van der Waals surface area contributed by atoms with Crippen molar-refractivity contribution in [1.29, 1.82) is 0 Å². The molecule has 0 aromatic carbocycles. The summed E-state index contributed by atoms with van der Waals surface area (Å²) in [5.74, 6) is -1.79. The van der Waals surface area contributed by atoms with E-state index in [4.69, 9.17) is 9.47 Å². The average Bonchev–Trinajstić information content (AvgIpc) is 3.35. The summed E-state index contributed by atoms with van der Waals surface area (Å²) >= 11 is 0. The number of aliphatic hydroxyl groups is 1. The Balaban J connectivity index is 1.98. The Hall–Kier alpha value is -3.38. The quantitative estimate of drug-likeness (QED) is 0.421. The average molecular weight is 462 g/mol. The molecule has 3 heterocycles. The lowest BCUT2D eigenvalue weighted by atomic mass is 10.1. The van der Waals surface area contributed by atoms with Gasteiger partial charge in [-0.05, 0) is 32.4 Å². The highest BCUT2D eigenvalue weighted by Crippen LogP contribution is 2.24. The number of halogens is 1. The van der Waals surface area contributed by atoms with Crippen molar-refractivity contribution in [3.63, 3.8) is 0 Å². The number of methoxy groups -OCH3 is 1. The lowest BCUT2D eigenvalue weighted by molar-refractivity contribution is 0.0985. The lowest BCUT2D eigenvalue weighted by Gasteiger charge is -2.14. The molecule has 0 aliphatic heterocycles. The first-order chi connectivity index (χ1) is 15.8. The van der Waals surface area contributed by atoms with Crippen LogP contribution < -0.4 is 10.4 Å². The second-order valence-corrected chi connectivity index (χ2v) is 7.53. The Morgan fingerprint density at radius 1 is 1.33 bits per heavy atom. The fourth-order valence-corrected chi connectivity index (χ4v) is 3.22. The lowest BCUT2D eigenvalue weighted by Crippen LogP contribution is -2.26. The predicted octanol–water partition coefficient (Wildman–Crippen LogP) is 1.14. The molecular formula is C21H27FN6O5. The van der Waals surface area contributed by atoms with Crippen molar-refractivity contribution >= 4 is 5.78 Å². The molecule has 0 fully saturated rings. The molecule has 3 aromatic heterocycles. The van der Waals surface area contributed by atoms with Gasteiger partial charge in [-0.3, -0.25) is 14.0 Å². The van der Waals surface area contributed by atoms with E-state index in [0.29, 0.717) is 18.7 Å². The summed E-state index contributed by atoms with van der Waals surface area (Å²) in [6.07, 6.45) is 2.87. The van der Waals surface area contributed by atoms with Gasteiger partial charge in [0, 0.05) is 26.3 Å². The van der Waals surface area contributed by atoms with Crippen molar-refractivity contribution in [3.05, 3.63) is 51.7 Å². The number of rotatable bonds is 11. The smallest absolute Gasteiger partial charge is 0.352 e. The summed E-state index contributed by atoms with van der Waals surface area (Å²) in [5, 5.41) is 17.6. The van der Waals surface area contributed by atoms with Crippen molar-refractivity contribution in [1.82, 2.24) is 29.1 Å². The Bertz CT molecular complexity index is 1180. The van der Waals surface area contributed by atoms with Crippen LogP contribution in [-0.2, 0) is 30.9 Å². The number of hydrogen-bond acceptors (Lipinski definition) is 8. The number of aliphatic hydroxyl groups excluding tert-OH is 1. The first kappa shape index (κ1) is 24.3. The van der Waals surface area contributed by atoms with Crippen LogP contribution in [0.25, 0.3) is 5.82 Å². The van der Waals surface area contributed by atoms with Crippen molar-refractivity contribution in [2.24, 2.45) is 0 Å². The third-order valence-corrected chi connectivity index (χ3v) is 4.74. The highest BCUT2D eigenvalue weighted by Gasteiger charge is 2.24. The molecule has 0 aliphatic carbocycles. The van der Waals surface area contributed by atoms with E-state index in [9.17, 15) is 14.7 Å². The Labute approximate surface area is 189 Å². The van der Waals surface area contributed by atoms with Gasteiger partial charge >= 0.3 is 5.69 Å². The summed E-state index contributed by atoms with van der Waals surface area (Å²) in [7, 11) is 1.58. The van der Waals surface area contributed by atoms with E-state index in [1.54, 1.807) is 45.0 Å². The van der Waals surface area contributed by atoms with Crippen LogP contribution in [0.4, 0.5) is 4.39 Å². The number of pyridine rings is 1. The van der Waals surface area contributed by atoms with E-state index in [2.05, 4.69) is 15.2 Å². The van der Waals surface area contributed by atoms with Gasteiger partial charge in [0.05, 0.1) is 31.0 Å². The van der Waals surface area contributed by atoms with E-state index in [1.165, 1.54) is 4.57 Å². The fourth-order valence-electron chi connectivity index (χ4n) is 3.22. The molecule has 0 saturated carbocycles. The van der Waals surface area contributed by atoms with Crippen molar-refractivity contribution in [3.8, 4) is 11.7 Å². The van der Waals surface area contributed by atoms with Gasteiger partial charge in [-0.1, -0.05) is 0 Å². The van der Waals surface area contributed by atoms with E-state index in [-0.39, 0.29) is 36.3 Å². The van der Waals surface area contributed by atoms with Crippen LogP contribution in [0.5, 0.6) is 5.88 Å². The minimum atomic E-state index is -0.919. The van der Waals surface area contributed by atoms with Gasteiger partial charge in [-0.25, -0.2) is 9.18 Å². The standard InChI is InChI=1S/C21H27FN6O5/c1-5-27-18(12-29)25-28(21(27)31)19-16(22)9-15(20(24-19)33-13(2)3)17(30)8-14-10-23-26(11-14)6-7-32-4/h9-11,13,29H,5-8,12H2,1-4H3. The van der Waals surface area contributed by atoms with Crippen LogP contribution in [0.2, 0.25) is 0 Å². The number of ether oxygens (including phenoxy) is 2. The number of Topliss-reactive ketones (excluding diaryl/α,β-unsaturated/α-hetero) is 1. The Morgan fingerprint density at radius 3 is 2.70 bits per heavy atom. The molecule has 0 aliphatic rings. The van der Waals surface area contributed by atoms with Crippen LogP contribution >= 0.6 is 0 Å². The second kappa shape index (κ2) is 10.5. The topological polar surface area (TPSA) is 126 Å². The van der Waals surface area contributed by atoms with Gasteiger partial charge in [0.2, 0.25) is 5.88 Å². The van der Waals surface area contributed by atoms with Crippen molar-refractivity contribution < 1.29 is 23.8 Å². The molecule has 3 rings (SSSR count). The minimum absolute atomic E-state index is 0.0407. The SMILES string of the molecule is CCn1c(CO)nn(-c2nc(OC(C)C)c(C(=O)Cc3cnn(CCOC)c3)cc2F)c1=O. The van der Waals surface area contributed by atoms with Crippen LogP contribution in [0.1, 0.15) is 42.5 Å². The number of carbonyl (C=O) groups excluding carboxylic acids is 1. The molecule has 12 heteroatoms. The van der Waals surface area contributed by atoms with Crippen molar-refractivity contribution in [2.45, 2.75) is 53.0 Å². The molecule has 0 spiro atoms. The van der Waals surface area contributed by atoms with Crippen molar-refractivity contribution in [2.75, 3.05) is 13.7 Å². The number of nitrogens with zero attached hydrogens (tertiary/aromatic N) is 6. The molecule has 3 aromatic rings. The van der Waals surface area contributed by atoms with E-state index >= 15 is 4.39 Å². The van der Waals surface area contributed by atoms with Crippen LogP contribution in [0.3, 0.4) is 0 Å². The molecule has 0 radical (unpaired) electrons. The summed E-state index contributed by atoms with van der Waals surface area (Å²) in [6, 6.07) is 0.994. The maximum absolute atomic E-state index is 15.1. The predicted molar refractivity (Wildman–Crippen MR) is 115 cm³/mol. The van der Waals surface area contributed by atoms with Gasteiger partial charge in [-0.2, -0.15) is 14.8 Å². The monoisotopic (exact) mass is 462 g/mol. The zero-order valence-corrected chi connectivity index (χ0v) is 19.0. The van der Waals surface area contributed by atoms with Gasteiger partial charge in [0.1, 0.15) is 6.61 Å². The summed E-state index contributed by atoms with van der Waals surface area (Å²) in [5.41, 5.74) is -0.0764. The summed E-state index contributed by atoms with van der Waals surface area (Å²) in [6.45, 7) is 5.92. The number of hydrogen-bond donors (Lipinski definition) is 1. The largest absolute Gasteiger partial charge is 0.474 e. The Morgan fingerprint density at radius 2 is 2.09 bits per heavy atom. The number of aromatic nitrogens is 6. The van der Waals surface area contributed by atoms with Gasteiger partial charge in [0.25, 0.3) is 0 Å². The molecular weight excluding hydrogens is 435 g/mol. The number of carbonyl (C=O) groups is 1. The van der Waals surface area contributed by atoms with E-state index in [1.807, 2.05) is 0 Å². The van der Waals surface area contributed by atoms with Crippen LogP contribution in [0.15, 0.2) is 23.3 Å². The fraction of sp³-hybridized carbons (Fsp3) is 0.476. The molecule has 33 heavy (non-hydrogen) atoms. The summed E-state index contributed by atoms with van der Waals surface area (Å²) in [4.78, 5) is 29.7. The third kappa shape index (κ3) is 5.34. The first-order valence-electron chi connectivity index (χ1n) is 10.5. The zero-order chi connectivity index (χ0) is 24.1. The highest BCUT2D eigenvalue weighted by atomic mass is 19.1. The highest BCUT2D eigenvalue weighted by molar-refractivity contribution is 5.99. The first-order valence-corrected chi connectivity index (χ1v) is 10.5. The van der Waals surface area contributed by atoms with Gasteiger partial charge in [0.15, 0.2) is 23.2 Å². The maximum Gasteiger partial charge on any atom is 0.352 e. The molecule has 0 bridgehead atoms. The maximum atomic E-state index is 15.1. The minimum Gasteiger partial charge on any atom is -0.474 e. The van der Waals surface area contributed by atoms with Crippen LogP contribution in [0, 0.1) is 5.82 Å². The number of ketones is 1. The summed E-state index contributed by atoms with van der Waals surface area (Å²) < 4.78 is 29.3. The molecule has 178 valence electrons. The molecule has 0 unspecified atom stereocenters. The normalized spacial score (nSPS) is 11.4. The van der Waals surface area contributed by atoms with E-state index in [0.717, 1.165) is 10.7 Å². The van der Waals surface area contributed by atoms with Gasteiger partial charge < -0.3 is 14.6 Å². The third-order valence-electron chi connectivity index (χ3n) is 4.74. The van der Waals surface area contributed by atoms with E-state index < -0.39 is 29.7 Å². The molecule has 0 amide bonds. The van der Waals surface area contributed by atoms with Crippen LogP contribution in [-0.4, -0.2) is 59.8 Å². The Kier molecular flexibility index (Phi) is 7.71. The zero-order valence-electron chi connectivity index (χ0n) is 19.0. The molecule has 1 N–H and O–H groups in total. The molecule has 0 saturated heterocycles. The second-order valence-electron chi connectivity index (χ2n) is 7.53. The molecule has 0 atom stereocenters.